The summed E-state index contributed by atoms with van der Waals surface area (Å²) in [6.07, 6.45) is -4.48. The molecule has 0 aliphatic rings. The van der Waals surface area contributed by atoms with Gasteiger partial charge in [-0.1, -0.05) is 17.8 Å². The van der Waals surface area contributed by atoms with E-state index in [0.717, 1.165) is 23.9 Å². The first kappa shape index (κ1) is 21.5. The van der Waals surface area contributed by atoms with E-state index in [0.29, 0.717) is 11.5 Å². The zero-order chi connectivity index (χ0) is 21.6. The van der Waals surface area contributed by atoms with E-state index in [-0.39, 0.29) is 29.2 Å². The SMILES string of the molecule is COc1ccc(OCc2nnc(SCC(=O)Nc3cccc(C(F)(F)F)c3)o2)cc1. The summed E-state index contributed by atoms with van der Waals surface area (Å²) in [6, 6.07) is 11.3. The molecule has 0 unspecified atom stereocenters. The van der Waals surface area contributed by atoms with Crippen molar-refractivity contribution in [2.45, 2.75) is 18.0 Å². The zero-order valence-corrected chi connectivity index (χ0v) is 16.4. The summed E-state index contributed by atoms with van der Waals surface area (Å²) < 4.78 is 54.1. The summed E-state index contributed by atoms with van der Waals surface area (Å²) in [5, 5.41) is 10.2. The maximum Gasteiger partial charge on any atom is 0.416 e. The monoisotopic (exact) mass is 439 g/mol. The number of carbonyl (C=O) groups is 1. The fraction of sp³-hybridized carbons (Fsp3) is 0.211. The number of amides is 1. The Kier molecular flexibility index (Phi) is 6.83. The lowest BCUT2D eigenvalue weighted by molar-refractivity contribution is -0.137. The Morgan fingerprint density at radius 1 is 1.13 bits per heavy atom. The molecule has 3 aromatic rings. The van der Waals surface area contributed by atoms with Crippen LogP contribution in [0.4, 0.5) is 18.9 Å². The number of nitrogens with one attached hydrogen (secondary N) is 1. The van der Waals surface area contributed by atoms with Crippen LogP contribution in [0.1, 0.15) is 11.5 Å². The molecule has 7 nitrogen and oxygen atoms in total. The molecule has 3 rings (SSSR count). The number of rotatable bonds is 8. The second-order valence-electron chi connectivity index (χ2n) is 5.84. The van der Waals surface area contributed by atoms with E-state index in [9.17, 15) is 18.0 Å². The number of methoxy groups -OCH3 is 1. The highest BCUT2D eigenvalue weighted by molar-refractivity contribution is 7.99. The van der Waals surface area contributed by atoms with Gasteiger partial charge in [0.15, 0.2) is 6.61 Å². The van der Waals surface area contributed by atoms with Gasteiger partial charge >= 0.3 is 6.18 Å². The number of alkyl halides is 3. The normalized spacial score (nSPS) is 11.2. The summed E-state index contributed by atoms with van der Waals surface area (Å²) in [4.78, 5) is 12.0. The summed E-state index contributed by atoms with van der Waals surface area (Å²) >= 11 is 0.958. The highest BCUT2D eigenvalue weighted by Gasteiger charge is 2.30. The van der Waals surface area contributed by atoms with Gasteiger partial charge in [0, 0.05) is 5.69 Å². The lowest BCUT2D eigenvalue weighted by atomic mass is 10.2. The first-order valence-electron chi connectivity index (χ1n) is 8.52. The Balaban J connectivity index is 1.47. The van der Waals surface area contributed by atoms with E-state index in [1.165, 1.54) is 12.1 Å². The smallest absolute Gasteiger partial charge is 0.416 e. The van der Waals surface area contributed by atoms with Crippen LogP contribution >= 0.6 is 11.8 Å². The van der Waals surface area contributed by atoms with Crippen molar-refractivity contribution in [1.82, 2.24) is 10.2 Å². The number of ether oxygens (including phenoxy) is 2. The van der Waals surface area contributed by atoms with Gasteiger partial charge in [0.1, 0.15) is 11.5 Å². The number of halogens is 3. The molecule has 1 N–H and O–H groups in total. The van der Waals surface area contributed by atoms with E-state index < -0.39 is 17.6 Å². The van der Waals surface area contributed by atoms with Gasteiger partial charge in [-0.25, -0.2) is 0 Å². The van der Waals surface area contributed by atoms with Crippen LogP contribution in [0.5, 0.6) is 11.5 Å². The fourth-order valence-corrected chi connectivity index (χ4v) is 2.85. The van der Waals surface area contributed by atoms with E-state index in [4.69, 9.17) is 13.9 Å². The number of hydrogen-bond donors (Lipinski definition) is 1. The van der Waals surface area contributed by atoms with Crippen molar-refractivity contribution in [2.24, 2.45) is 0 Å². The van der Waals surface area contributed by atoms with Crippen molar-refractivity contribution < 1.29 is 31.9 Å². The van der Waals surface area contributed by atoms with Gasteiger partial charge in [0.25, 0.3) is 11.1 Å². The Morgan fingerprint density at radius 2 is 1.87 bits per heavy atom. The van der Waals surface area contributed by atoms with Crippen LogP contribution in [-0.2, 0) is 17.6 Å². The van der Waals surface area contributed by atoms with Crippen LogP contribution in [0, 0.1) is 0 Å². The first-order chi connectivity index (χ1) is 14.3. The van der Waals surface area contributed by atoms with Crippen molar-refractivity contribution in [2.75, 3.05) is 18.2 Å². The molecule has 0 fully saturated rings. The largest absolute Gasteiger partial charge is 0.497 e. The maximum atomic E-state index is 12.7. The number of nitrogens with zero attached hydrogens (tertiary/aromatic N) is 2. The molecule has 2 aromatic carbocycles. The van der Waals surface area contributed by atoms with E-state index in [1.807, 2.05) is 0 Å². The van der Waals surface area contributed by atoms with Gasteiger partial charge < -0.3 is 19.2 Å². The number of thioether (sulfide) groups is 1. The first-order valence-corrected chi connectivity index (χ1v) is 9.51. The molecule has 158 valence electrons. The second-order valence-corrected chi connectivity index (χ2v) is 6.77. The third kappa shape index (κ3) is 6.14. The molecule has 0 saturated carbocycles. The van der Waals surface area contributed by atoms with Crippen LogP contribution in [0.15, 0.2) is 58.2 Å². The van der Waals surface area contributed by atoms with Gasteiger partial charge in [0.2, 0.25) is 5.91 Å². The number of benzene rings is 2. The third-order valence-corrected chi connectivity index (χ3v) is 4.49. The molecular weight excluding hydrogens is 423 g/mol. The standard InChI is InChI=1S/C19H16F3N3O4S/c1-27-14-5-7-15(8-6-14)28-10-17-24-25-18(29-17)30-11-16(26)23-13-4-2-3-12(9-13)19(20,21)22/h2-9H,10-11H2,1H3,(H,23,26). The maximum absolute atomic E-state index is 12.7. The van der Waals surface area contributed by atoms with Crippen molar-refractivity contribution in [3.05, 3.63) is 60.0 Å². The van der Waals surface area contributed by atoms with Crippen molar-refractivity contribution >= 4 is 23.4 Å². The third-order valence-electron chi connectivity index (χ3n) is 3.67. The van der Waals surface area contributed by atoms with Gasteiger partial charge in [-0.05, 0) is 42.5 Å². The Morgan fingerprint density at radius 3 is 2.57 bits per heavy atom. The van der Waals surface area contributed by atoms with Gasteiger partial charge in [-0.15, -0.1) is 10.2 Å². The molecule has 0 bridgehead atoms. The average molecular weight is 439 g/mol. The van der Waals surface area contributed by atoms with Crippen LogP contribution in [-0.4, -0.2) is 29.0 Å². The van der Waals surface area contributed by atoms with Crippen LogP contribution in [0.25, 0.3) is 0 Å². The summed E-state index contributed by atoms with van der Waals surface area (Å²) in [6.45, 7) is 0.0380. The molecule has 1 amide bonds. The highest BCUT2D eigenvalue weighted by atomic mass is 32.2. The Hall–Kier alpha value is -3.21. The lowest BCUT2D eigenvalue weighted by Gasteiger charge is -2.09. The molecule has 1 heterocycles. The lowest BCUT2D eigenvalue weighted by Crippen LogP contribution is -2.15. The van der Waals surface area contributed by atoms with Gasteiger partial charge in [-0.2, -0.15) is 13.2 Å². The minimum atomic E-state index is -4.48. The van der Waals surface area contributed by atoms with E-state index >= 15 is 0 Å². The van der Waals surface area contributed by atoms with Gasteiger partial charge in [0.05, 0.1) is 18.4 Å². The summed E-state index contributed by atoms with van der Waals surface area (Å²) in [7, 11) is 1.56. The van der Waals surface area contributed by atoms with Crippen molar-refractivity contribution in [1.29, 1.82) is 0 Å². The Labute approximate surface area is 173 Å². The highest BCUT2D eigenvalue weighted by Crippen LogP contribution is 2.30. The van der Waals surface area contributed by atoms with Crippen LogP contribution in [0.3, 0.4) is 0 Å². The predicted molar refractivity (Wildman–Crippen MR) is 102 cm³/mol. The van der Waals surface area contributed by atoms with E-state index in [2.05, 4.69) is 15.5 Å². The zero-order valence-electron chi connectivity index (χ0n) is 15.6. The quantitative estimate of drug-likeness (QED) is 0.521. The molecule has 0 atom stereocenters. The summed E-state index contributed by atoms with van der Waals surface area (Å²) in [5.74, 6) is 0.878. The van der Waals surface area contributed by atoms with Crippen LogP contribution < -0.4 is 14.8 Å². The van der Waals surface area contributed by atoms with Crippen LogP contribution in [0.2, 0.25) is 0 Å². The molecule has 0 spiro atoms. The molecular formula is C19H16F3N3O4S. The predicted octanol–water partition coefficient (Wildman–Crippen LogP) is 4.41. The topological polar surface area (TPSA) is 86.5 Å². The minimum Gasteiger partial charge on any atom is -0.497 e. The average Bonchev–Trinajstić information content (AvgIpc) is 3.19. The van der Waals surface area contributed by atoms with Crippen molar-refractivity contribution in [3.63, 3.8) is 0 Å². The number of hydrogen-bond acceptors (Lipinski definition) is 7. The fourth-order valence-electron chi connectivity index (χ4n) is 2.27. The van der Waals surface area contributed by atoms with Crippen molar-refractivity contribution in [3.8, 4) is 11.5 Å². The molecule has 0 saturated heterocycles. The number of anilines is 1. The summed E-state index contributed by atoms with van der Waals surface area (Å²) in [5.41, 5.74) is -0.791. The molecule has 0 radical (unpaired) electrons. The Bertz CT molecular complexity index is 993. The minimum absolute atomic E-state index is 0.0380. The molecule has 0 aliphatic heterocycles. The molecule has 1 aromatic heterocycles. The number of aromatic nitrogens is 2. The molecule has 0 aliphatic carbocycles. The van der Waals surface area contributed by atoms with Gasteiger partial charge in [-0.3, -0.25) is 4.79 Å². The van der Waals surface area contributed by atoms with E-state index in [1.54, 1.807) is 31.4 Å². The number of carbonyl (C=O) groups excluding carboxylic acids is 1. The molecule has 11 heteroatoms. The molecule has 30 heavy (non-hydrogen) atoms. The second kappa shape index (κ2) is 9.53.